The standard InChI is InChI=1S/C15H14BrClF2N2/c1-2-20-14(13-6-3-9(17)8-21-13)7-10-12(18)5-4-11(16)15(10)19/h3-6,8,14,20H,2,7H2,1H3. The van der Waals surface area contributed by atoms with Crippen molar-refractivity contribution in [2.45, 2.75) is 19.4 Å². The SMILES string of the molecule is CCNC(Cc1c(F)ccc(Br)c1F)c1ccc(Cl)cn1. The fourth-order valence-electron chi connectivity index (χ4n) is 2.08. The second kappa shape index (κ2) is 7.29. The number of nitrogens with zero attached hydrogens (tertiary/aromatic N) is 1. The Morgan fingerprint density at radius 1 is 1.29 bits per heavy atom. The average Bonchev–Trinajstić information content (AvgIpc) is 2.47. The van der Waals surface area contributed by atoms with Gasteiger partial charge in [-0.1, -0.05) is 18.5 Å². The van der Waals surface area contributed by atoms with Crippen molar-refractivity contribution in [2.75, 3.05) is 6.54 Å². The van der Waals surface area contributed by atoms with Crippen molar-refractivity contribution in [1.82, 2.24) is 10.3 Å². The highest BCUT2D eigenvalue weighted by atomic mass is 79.9. The summed E-state index contributed by atoms with van der Waals surface area (Å²) < 4.78 is 28.2. The van der Waals surface area contributed by atoms with Gasteiger partial charge in [0.1, 0.15) is 11.6 Å². The van der Waals surface area contributed by atoms with E-state index in [4.69, 9.17) is 11.6 Å². The Morgan fingerprint density at radius 3 is 2.67 bits per heavy atom. The summed E-state index contributed by atoms with van der Waals surface area (Å²) in [4.78, 5) is 4.22. The van der Waals surface area contributed by atoms with Crippen LogP contribution in [0.3, 0.4) is 0 Å². The van der Waals surface area contributed by atoms with Crippen molar-refractivity contribution in [2.24, 2.45) is 0 Å². The molecule has 1 aromatic heterocycles. The zero-order valence-electron chi connectivity index (χ0n) is 11.3. The maximum Gasteiger partial charge on any atom is 0.143 e. The smallest absolute Gasteiger partial charge is 0.143 e. The number of hydrogen-bond acceptors (Lipinski definition) is 2. The molecule has 1 N–H and O–H groups in total. The largest absolute Gasteiger partial charge is 0.309 e. The zero-order chi connectivity index (χ0) is 15.4. The molecule has 6 heteroatoms. The molecule has 0 saturated carbocycles. The summed E-state index contributed by atoms with van der Waals surface area (Å²) in [6, 6.07) is 5.79. The first-order valence-corrected chi connectivity index (χ1v) is 7.67. The highest BCUT2D eigenvalue weighted by molar-refractivity contribution is 9.10. The van der Waals surface area contributed by atoms with Gasteiger partial charge in [0, 0.05) is 11.8 Å². The van der Waals surface area contributed by atoms with E-state index in [1.165, 1.54) is 18.3 Å². The molecule has 0 bridgehead atoms. The van der Waals surface area contributed by atoms with Gasteiger partial charge in [-0.25, -0.2) is 8.78 Å². The zero-order valence-corrected chi connectivity index (χ0v) is 13.7. The van der Waals surface area contributed by atoms with Crippen LogP contribution in [0.4, 0.5) is 8.78 Å². The Balaban J connectivity index is 2.32. The van der Waals surface area contributed by atoms with Crippen LogP contribution in [0.25, 0.3) is 0 Å². The second-order valence-corrected chi connectivity index (χ2v) is 5.83. The van der Waals surface area contributed by atoms with E-state index < -0.39 is 11.6 Å². The van der Waals surface area contributed by atoms with Gasteiger partial charge in [0.15, 0.2) is 0 Å². The van der Waals surface area contributed by atoms with E-state index in [-0.39, 0.29) is 22.5 Å². The van der Waals surface area contributed by atoms with E-state index in [0.29, 0.717) is 17.3 Å². The molecule has 0 saturated heterocycles. The van der Waals surface area contributed by atoms with Crippen LogP contribution in [0.5, 0.6) is 0 Å². The highest BCUT2D eigenvalue weighted by Crippen LogP contribution is 2.26. The minimum Gasteiger partial charge on any atom is -0.309 e. The predicted octanol–water partition coefficient (Wildman–Crippen LogP) is 4.67. The molecule has 2 rings (SSSR count). The third kappa shape index (κ3) is 3.99. The van der Waals surface area contributed by atoms with Crippen molar-refractivity contribution in [3.63, 3.8) is 0 Å². The number of hydrogen-bond donors (Lipinski definition) is 1. The first-order valence-electron chi connectivity index (χ1n) is 6.50. The molecule has 1 unspecified atom stereocenters. The molecule has 2 aromatic rings. The van der Waals surface area contributed by atoms with Crippen molar-refractivity contribution in [1.29, 1.82) is 0 Å². The van der Waals surface area contributed by atoms with Gasteiger partial charge in [0.2, 0.25) is 0 Å². The molecule has 0 amide bonds. The number of aromatic nitrogens is 1. The average molecular weight is 376 g/mol. The minimum atomic E-state index is -0.577. The summed E-state index contributed by atoms with van der Waals surface area (Å²) in [5, 5.41) is 3.71. The maximum atomic E-state index is 14.1. The van der Waals surface area contributed by atoms with Gasteiger partial charge in [0.05, 0.1) is 21.2 Å². The second-order valence-electron chi connectivity index (χ2n) is 4.54. The monoisotopic (exact) mass is 374 g/mol. The quantitative estimate of drug-likeness (QED) is 0.768. The Kier molecular flexibility index (Phi) is 5.67. The van der Waals surface area contributed by atoms with Crippen molar-refractivity contribution in [3.8, 4) is 0 Å². The number of benzene rings is 1. The molecule has 0 aliphatic heterocycles. The minimum absolute atomic E-state index is 0.0343. The van der Waals surface area contributed by atoms with Crippen LogP contribution in [-0.4, -0.2) is 11.5 Å². The Hall–Kier alpha value is -1.04. The Labute approximate surface area is 135 Å². The fourth-order valence-corrected chi connectivity index (χ4v) is 2.56. The van der Waals surface area contributed by atoms with Crippen LogP contribution in [-0.2, 0) is 6.42 Å². The van der Waals surface area contributed by atoms with E-state index in [0.717, 1.165) is 0 Å². The molecule has 0 fully saturated rings. The summed E-state index contributed by atoms with van der Waals surface area (Å²) in [6.07, 6.45) is 1.69. The van der Waals surface area contributed by atoms with Crippen LogP contribution in [0.1, 0.15) is 24.2 Å². The van der Waals surface area contributed by atoms with E-state index in [1.54, 1.807) is 12.1 Å². The maximum absolute atomic E-state index is 14.1. The van der Waals surface area contributed by atoms with Gasteiger partial charge < -0.3 is 5.32 Å². The van der Waals surface area contributed by atoms with Crippen LogP contribution < -0.4 is 5.32 Å². The van der Waals surface area contributed by atoms with Gasteiger partial charge >= 0.3 is 0 Å². The number of nitrogens with one attached hydrogen (secondary N) is 1. The van der Waals surface area contributed by atoms with Crippen LogP contribution in [0.2, 0.25) is 5.02 Å². The van der Waals surface area contributed by atoms with Crippen molar-refractivity contribution < 1.29 is 8.78 Å². The molecule has 2 nitrogen and oxygen atoms in total. The van der Waals surface area contributed by atoms with Crippen LogP contribution >= 0.6 is 27.5 Å². The van der Waals surface area contributed by atoms with Gasteiger partial charge in [0.25, 0.3) is 0 Å². The Bertz CT molecular complexity index is 620. The summed E-state index contributed by atoms with van der Waals surface area (Å²) >= 11 is 8.90. The van der Waals surface area contributed by atoms with Crippen molar-refractivity contribution >= 4 is 27.5 Å². The van der Waals surface area contributed by atoms with E-state index >= 15 is 0 Å². The normalized spacial score (nSPS) is 12.4. The first-order chi connectivity index (χ1) is 10.0. The Morgan fingerprint density at radius 2 is 2.05 bits per heavy atom. The van der Waals surface area contributed by atoms with Gasteiger partial charge in [-0.3, -0.25) is 4.98 Å². The molecular formula is C15H14BrClF2N2. The van der Waals surface area contributed by atoms with Gasteiger partial charge in [-0.15, -0.1) is 0 Å². The molecular weight excluding hydrogens is 362 g/mol. The molecule has 21 heavy (non-hydrogen) atoms. The van der Waals surface area contributed by atoms with Gasteiger partial charge in [-0.05, 0) is 53.2 Å². The number of pyridine rings is 1. The molecule has 0 aliphatic rings. The fraction of sp³-hybridized carbons (Fsp3) is 0.267. The van der Waals surface area contributed by atoms with Crippen molar-refractivity contribution in [3.05, 3.63) is 62.8 Å². The van der Waals surface area contributed by atoms with E-state index in [2.05, 4.69) is 26.2 Å². The summed E-state index contributed by atoms with van der Waals surface area (Å²) in [6.45, 7) is 2.59. The summed E-state index contributed by atoms with van der Waals surface area (Å²) in [5.41, 5.74) is 0.729. The van der Waals surface area contributed by atoms with E-state index in [9.17, 15) is 8.78 Å². The number of likely N-dealkylation sites (N-methyl/N-ethyl adjacent to an activating group) is 1. The van der Waals surface area contributed by atoms with Crippen LogP contribution in [0.15, 0.2) is 34.9 Å². The molecule has 0 radical (unpaired) electrons. The lowest BCUT2D eigenvalue weighted by molar-refractivity contribution is 0.491. The lowest BCUT2D eigenvalue weighted by Crippen LogP contribution is -2.24. The van der Waals surface area contributed by atoms with Gasteiger partial charge in [-0.2, -0.15) is 0 Å². The molecule has 112 valence electrons. The first kappa shape index (κ1) is 16.3. The molecule has 1 heterocycles. The molecule has 1 aromatic carbocycles. The number of halogens is 4. The molecule has 0 spiro atoms. The lowest BCUT2D eigenvalue weighted by atomic mass is 10.0. The third-order valence-electron chi connectivity index (χ3n) is 3.10. The molecule has 1 atom stereocenters. The number of rotatable bonds is 5. The predicted molar refractivity (Wildman–Crippen MR) is 83.4 cm³/mol. The lowest BCUT2D eigenvalue weighted by Gasteiger charge is -2.18. The van der Waals surface area contributed by atoms with Crippen LogP contribution in [0, 0.1) is 11.6 Å². The topological polar surface area (TPSA) is 24.9 Å². The third-order valence-corrected chi connectivity index (χ3v) is 3.94. The van der Waals surface area contributed by atoms with E-state index in [1.807, 2.05) is 6.92 Å². The summed E-state index contributed by atoms with van der Waals surface area (Å²) in [5.74, 6) is -1.14. The highest BCUT2D eigenvalue weighted by Gasteiger charge is 2.19. The summed E-state index contributed by atoms with van der Waals surface area (Å²) in [7, 11) is 0. The molecule has 0 aliphatic carbocycles.